The van der Waals surface area contributed by atoms with E-state index < -0.39 is 0 Å². The Hall–Kier alpha value is -0.760. The summed E-state index contributed by atoms with van der Waals surface area (Å²) < 4.78 is 0. The molecule has 0 saturated carbocycles. The molecule has 1 aromatic rings. The fourth-order valence-corrected chi connectivity index (χ4v) is 1.86. The first-order valence-electron chi connectivity index (χ1n) is 6.12. The van der Waals surface area contributed by atoms with Crippen LogP contribution in [0.2, 0.25) is 5.15 Å². The molecule has 0 spiro atoms. The molecule has 0 aliphatic carbocycles. The van der Waals surface area contributed by atoms with Gasteiger partial charge in [0.25, 0.3) is 0 Å². The third-order valence-electron chi connectivity index (χ3n) is 2.83. The molecule has 1 N–H and O–H groups in total. The van der Waals surface area contributed by atoms with Crippen LogP contribution in [0.1, 0.15) is 39.5 Å². The molecule has 3 heteroatoms. The summed E-state index contributed by atoms with van der Waals surface area (Å²) >= 11 is 5.83. The zero-order valence-corrected chi connectivity index (χ0v) is 10.9. The average Bonchev–Trinajstić information content (AvgIpc) is 2.29. The van der Waals surface area contributed by atoms with Crippen molar-refractivity contribution in [3.8, 4) is 0 Å². The number of nitrogens with one attached hydrogen (secondary N) is 1. The molecule has 1 atom stereocenters. The molecule has 2 nitrogen and oxygen atoms in total. The zero-order chi connectivity index (χ0) is 11.8. The second-order valence-corrected chi connectivity index (χ2v) is 4.53. The normalized spacial score (nSPS) is 12.4. The highest BCUT2D eigenvalue weighted by Crippen LogP contribution is 2.14. The fourth-order valence-electron chi connectivity index (χ4n) is 1.70. The van der Waals surface area contributed by atoms with E-state index in [1.807, 2.05) is 12.1 Å². The molecule has 0 fully saturated rings. The Morgan fingerprint density at radius 3 is 2.81 bits per heavy atom. The van der Waals surface area contributed by atoms with Crippen molar-refractivity contribution in [1.82, 2.24) is 4.98 Å². The lowest BCUT2D eigenvalue weighted by molar-refractivity contribution is 0.472. The fraction of sp³-hybridized carbons (Fsp3) is 0.615. The molecule has 0 amide bonds. The van der Waals surface area contributed by atoms with Crippen molar-refractivity contribution >= 4 is 17.4 Å². The average molecular weight is 241 g/mol. The first kappa shape index (κ1) is 13.3. The monoisotopic (exact) mass is 240 g/mol. The minimum absolute atomic E-state index is 0.548. The van der Waals surface area contributed by atoms with Crippen LogP contribution in [-0.2, 0) is 0 Å². The Bertz CT molecular complexity index is 302. The Morgan fingerprint density at radius 2 is 2.19 bits per heavy atom. The molecule has 0 saturated heterocycles. The SMILES string of the molecule is CCCCC(CC)CNc1cccc(Cl)n1. The second-order valence-electron chi connectivity index (χ2n) is 4.14. The van der Waals surface area contributed by atoms with Gasteiger partial charge in [0.05, 0.1) is 0 Å². The maximum atomic E-state index is 5.83. The van der Waals surface area contributed by atoms with Crippen LogP contribution in [0, 0.1) is 5.92 Å². The van der Waals surface area contributed by atoms with E-state index in [0.29, 0.717) is 5.15 Å². The molecule has 0 bridgehead atoms. The van der Waals surface area contributed by atoms with Gasteiger partial charge in [0, 0.05) is 6.54 Å². The highest BCUT2D eigenvalue weighted by molar-refractivity contribution is 6.29. The van der Waals surface area contributed by atoms with Crippen molar-refractivity contribution in [3.63, 3.8) is 0 Å². The number of nitrogens with zero attached hydrogens (tertiary/aromatic N) is 1. The predicted molar refractivity (Wildman–Crippen MR) is 71.0 cm³/mol. The number of aromatic nitrogens is 1. The first-order chi connectivity index (χ1) is 7.76. The topological polar surface area (TPSA) is 24.9 Å². The molecule has 16 heavy (non-hydrogen) atoms. The molecule has 1 heterocycles. The summed E-state index contributed by atoms with van der Waals surface area (Å²) in [6.07, 6.45) is 5.09. The molecule has 90 valence electrons. The minimum atomic E-state index is 0.548. The van der Waals surface area contributed by atoms with Gasteiger partial charge in [0.1, 0.15) is 11.0 Å². The van der Waals surface area contributed by atoms with Crippen LogP contribution in [0.15, 0.2) is 18.2 Å². The smallest absolute Gasteiger partial charge is 0.131 e. The van der Waals surface area contributed by atoms with Crippen LogP contribution in [0.3, 0.4) is 0 Å². The molecule has 1 rings (SSSR count). The number of pyridine rings is 1. The van der Waals surface area contributed by atoms with E-state index in [0.717, 1.165) is 18.3 Å². The highest BCUT2D eigenvalue weighted by atomic mass is 35.5. The Labute approximate surface area is 103 Å². The third-order valence-corrected chi connectivity index (χ3v) is 3.04. The van der Waals surface area contributed by atoms with E-state index >= 15 is 0 Å². The van der Waals surface area contributed by atoms with Gasteiger partial charge in [-0.05, 0) is 24.5 Å². The summed E-state index contributed by atoms with van der Waals surface area (Å²) in [7, 11) is 0. The van der Waals surface area contributed by atoms with Crippen molar-refractivity contribution in [3.05, 3.63) is 23.4 Å². The standard InChI is InChI=1S/C13H21ClN2/c1-3-5-7-11(4-2)10-15-13-9-6-8-12(14)16-13/h6,8-9,11H,3-5,7,10H2,1-2H3,(H,15,16). The van der Waals surface area contributed by atoms with Crippen LogP contribution >= 0.6 is 11.6 Å². The van der Waals surface area contributed by atoms with Crippen molar-refractivity contribution in [2.75, 3.05) is 11.9 Å². The number of anilines is 1. The van der Waals surface area contributed by atoms with E-state index in [1.54, 1.807) is 6.07 Å². The summed E-state index contributed by atoms with van der Waals surface area (Å²) in [6, 6.07) is 5.67. The van der Waals surface area contributed by atoms with Gasteiger partial charge in [-0.25, -0.2) is 4.98 Å². The molecule has 0 radical (unpaired) electrons. The van der Waals surface area contributed by atoms with E-state index in [-0.39, 0.29) is 0 Å². The van der Waals surface area contributed by atoms with Crippen molar-refractivity contribution in [1.29, 1.82) is 0 Å². The third kappa shape index (κ3) is 4.84. The number of rotatable bonds is 7. The summed E-state index contributed by atoms with van der Waals surface area (Å²) in [5.74, 6) is 1.61. The second kappa shape index (κ2) is 7.50. The van der Waals surface area contributed by atoms with E-state index in [1.165, 1.54) is 25.7 Å². The van der Waals surface area contributed by atoms with Crippen LogP contribution in [-0.4, -0.2) is 11.5 Å². The largest absolute Gasteiger partial charge is 0.370 e. The van der Waals surface area contributed by atoms with Gasteiger partial charge < -0.3 is 5.32 Å². The van der Waals surface area contributed by atoms with E-state index in [9.17, 15) is 0 Å². The Kier molecular flexibility index (Phi) is 6.24. The minimum Gasteiger partial charge on any atom is -0.370 e. The summed E-state index contributed by atoms with van der Waals surface area (Å²) in [5, 5.41) is 3.90. The van der Waals surface area contributed by atoms with E-state index in [2.05, 4.69) is 24.1 Å². The number of hydrogen-bond acceptors (Lipinski definition) is 2. The quantitative estimate of drug-likeness (QED) is 0.717. The van der Waals surface area contributed by atoms with Gasteiger partial charge in [-0.1, -0.05) is 50.8 Å². The van der Waals surface area contributed by atoms with Gasteiger partial charge >= 0.3 is 0 Å². The van der Waals surface area contributed by atoms with Crippen molar-refractivity contribution < 1.29 is 0 Å². The molecule has 0 aromatic carbocycles. The zero-order valence-electron chi connectivity index (χ0n) is 10.2. The van der Waals surface area contributed by atoms with Crippen LogP contribution < -0.4 is 5.32 Å². The molecular formula is C13H21ClN2. The molecule has 1 unspecified atom stereocenters. The summed E-state index contributed by atoms with van der Waals surface area (Å²) in [6.45, 7) is 5.47. The van der Waals surface area contributed by atoms with Crippen molar-refractivity contribution in [2.24, 2.45) is 5.92 Å². The van der Waals surface area contributed by atoms with Gasteiger partial charge in [-0.2, -0.15) is 0 Å². The molecule has 0 aliphatic heterocycles. The van der Waals surface area contributed by atoms with Gasteiger partial charge in [0.2, 0.25) is 0 Å². The maximum Gasteiger partial charge on any atom is 0.131 e. The van der Waals surface area contributed by atoms with Crippen LogP contribution in [0.4, 0.5) is 5.82 Å². The Balaban J connectivity index is 2.37. The van der Waals surface area contributed by atoms with E-state index in [4.69, 9.17) is 11.6 Å². The predicted octanol–water partition coefficient (Wildman–Crippen LogP) is 4.36. The lowest BCUT2D eigenvalue weighted by Crippen LogP contribution is -2.14. The lowest BCUT2D eigenvalue weighted by Gasteiger charge is -2.15. The van der Waals surface area contributed by atoms with Crippen molar-refractivity contribution in [2.45, 2.75) is 39.5 Å². The number of unbranched alkanes of at least 4 members (excludes halogenated alkanes) is 1. The molecular weight excluding hydrogens is 220 g/mol. The van der Waals surface area contributed by atoms with Gasteiger partial charge in [-0.15, -0.1) is 0 Å². The summed E-state index contributed by atoms with van der Waals surface area (Å²) in [4.78, 5) is 4.21. The van der Waals surface area contributed by atoms with Gasteiger partial charge in [0.15, 0.2) is 0 Å². The Morgan fingerprint density at radius 1 is 1.38 bits per heavy atom. The number of halogens is 1. The highest BCUT2D eigenvalue weighted by Gasteiger charge is 2.05. The molecule has 0 aliphatic rings. The molecule has 1 aromatic heterocycles. The van der Waals surface area contributed by atoms with Crippen LogP contribution in [0.5, 0.6) is 0 Å². The summed E-state index contributed by atoms with van der Waals surface area (Å²) in [5.41, 5.74) is 0. The van der Waals surface area contributed by atoms with Crippen LogP contribution in [0.25, 0.3) is 0 Å². The lowest BCUT2D eigenvalue weighted by atomic mass is 9.99. The first-order valence-corrected chi connectivity index (χ1v) is 6.50. The maximum absolute atomic E-state index is 5.83. The van der Waals surface area contributed by atoms with Gasteiger partial charge in [-0.3, -0.25) is 0 Å². The number of hydrogen-bond donors (Lipinski definition) is 1.